The van der Waals surface area contributed by atoms with E-state index in [0.29, 0.717) is 77.8 Å². The van der Waals surface area contributed by atoms with Gasteiger partial charge >= 0.3 is 6.01 Å². The molecule has 3 fully saturated rings. The van der Waals surface area contributed by atoms with E-state index in [4.69, 9.17) is 25.8 Å². The molecule has 0 spiro atoms. The topological polar surface area (TPSA) is 114 Å². The smallest absolute Gasteiger partial charge is 0.319 e. The van der Waals surface area contributed by atoms with Gasteiger partial charge in [0.25, 0.3) is 0 Å². The van der Waals surface area contributed by atoms with Crippen molar-refractivity contribution in [1.82, 2.24) is 30.0 Å². The Labute approximate surface area is 270 Å². The lowest BCUT2D eigenvalue weighted by molar-refractivity contribution is 0.107. The number of rotatable bonds is 3. The summed E-state index contributed by atoms with van der Waals surface area (Å²) in [5, 5.41) is 15.5. The van der Waals surface area contributed by atoms with Crippen molar-refractivity contribution >= 4 is 28.3 Å². The van der Waals surface area contributed by atoms with E-state index in [1.807, 2.05) is 0 Å². The molecule has 3 atom stereocenters. The molecule has 10 nitrogen and oxygen atoms in total. The zero-order chi connectivity index (χ0) is 31.4. The number of pyridine rings is 1. The van der Waals surface area contributed by atoms with Crippen molar-refractivity contribution in [2.45, 2.75) is 75.9 Å². The van der Waals surface area contributed by atoms with Gasteiger partial charge in [-0.2, -0.15) is 15.0 Å². The number of hydrogen-bond donors (Lipinski definition) is 1. The lowest BCUT2D eigenvalue weighted by Gasteiger charge is -2.34. The predicted octanol–water partition coefficient (Wildman–Crippen LogP) is 5.87. The number of halogens is 3. The Bertz CT molecular complexity index is 1790. The summed E-state index contributed by atoms with van der Waals surface area (Å²) < 4.78 is 43.1. The molecule has 0 aliphatic carbocycles. The van der Waals surface area contributed by atoms with Gasteiger partial charge in [-0.25, -0.2) is 8.78 Å². The zero-order valence-corrected chi connectivity index (χ0v) is 26.3. The standard InChI is InChI=1S/C33H36ClF2N7O3/c34-25-13-21(44)12-23-22(25)6-1-2-7-27-38-26(41-46-27)11-19-5-3-9-42(16-19)31-24-15-37-29(23)28(36)30(24)39-32(40-31)45-18-33-8-4-10-43(33)17-20(35)14-33/h12-13,15,19-20,44H,1-11,14,16-18H2. The molecule has 242 valence electrons. The van der Waals surface area contributed by atoms with Crippen LogP contribution in [0.15, 0.2) is 22.9 Å². The van der Waals surface area contributed by atoms with Crippen LogP contribution >= 0.6 is 11.6 Å². The lowest BCUT2D eigenvalue weighted by Crippen LogP contribution is -2.43. The number of aromatic nitrogens is 5. The van der Waals surface area contributed by atoms with Crippen LogP contribution in [0.5, 0.6) is 11.8 Å². The summed E-state index contributed by atoms with van der Waals surface area (Å²) in [5.41, 5.74) is 0.817. The van der Waals surface area contributed by atoms with Gasteiger partial charge in [0.2, 0.25) is 5.89 Å². The molecule has 1 aromatic carbocycles. The van der Waals surface area contributed by atoms with Crippen LogP contribution in [0.25, 0.3) is 22.2 Å². The highest BCUT2D eigenvalue weighted by Crippen LogP contribution is 2.42. The number of benzene rings is 1. The monoisotopic (exact) mass is 651 g/mol. The normalized spacial score (nSPS) is 25.1. The molecule has 3 unspecified atom stereocenters. The number of nitrogens with zero attached hydrogens (tertiary/aromatic N) is 7. The molecule has 4 aromatic rings. The van der Waals surface area contributed by atoms with Gasteiger partial charge in [0.05, 0.1) is 10.9 Å². The van der Waals surface area contributed by atoms with Crippen LogP contribution in [0.2, 0.25) is 5.02 Å². The second-order valence-corrected chi connectivity index (χ2v) is 13.7. The first-order valence-electron chi connectivity index (χ1n) is 16.3. The minimum Gasteiger partial charge on any atom is -0.508 e. The Morgan fingerprint density at radius 1 is 1.09 bits per heavy atom. The summed E-state index contributed by atoms with van der Waals surface area (Å²) in [7, 11) is 0. The van der Waals surface area contributed by atoms with Crippen molar-refractivity contribution in [3.05, 3.63) is 46.4 Å². The van der Waals surface area contributed by atoms with Gasteiger partial charge in [-0.05, 0) is 75.1 Å². The quantitative estimate of drug-likeness (QED) is 0.289. The average molecular weight is 652 g/mol. The first-order valence-corrected chi connectivity index (χ1v) is 16.7. The predicted molar refractivity (Wildman–Crippen MR) is 168 cm³/mol. The number of alkyl halides is 1. The van der Waals surface area contributed by atoms with Crippen molar-refractivity contribution in [1.29, 1.82) is 0 Å². The van der Waals surface area contributed by atoms with Crippen molar-refractivity contribution < 1.29 is 23.1 Å². The third kappa shape index (κ3) is 5.42. The van der Waals surface area contributed by atoms with E-state index in [2.05, 4.69) is 29.9 Å². The lowest BCUT2D eigenvalue weighted by atomic mass is 9.94. The SMILES string of the molecule is Oc1cc(Cl)c2c(c1)-c1ncc3c(nc(OCC45CCCN4CC(F)C5)nc3c1F)N1CCCC(Cc3noc(n3)CCCC2)C1. The second-order valence-electron chi connectivity index (χ2n) is 13.3. The van der Waals surface area contributed by atoms with Crippen LogP contribution in [-0.2, 0) is 19.3 Å². The van der Waals surface area contributed by atoms with Gasteiger partial charge in [0, 0.05) is 55.7 Å². The summed E-state index contributed by atoms with van der Waals surface area (Å²) in [4.78, 5) is 23.0. The number of phenols is 1. The molecule has 3 aromatic heterocycles. The Hall–Kier alpha value is -3.64. The number of piperidine rings is 1. The second kappa shape index (κ2) is 11.9. The average Bonchev–Trinajstić information content (AvgIpc) is 3.73. The summed E-state index contributed by atoms with van der Waals surface area (Å²) in [6.07, 6.45) is 8.15. The third-order valence-corrected chi connectivity index (χ3v) is 10.5. The first kappa shape index (κ1) is 29.7. The molecule has 0 amide bonds. The highest BCUT2D eigenvalue weighted by Gasteiger charge is 2.49. The number of fused-ring (bicyclic) bond motifs is 5. The Balaban J connectivity index is 1.25. The minimum absolute atomic E-state index is 0.0479. The van der Waals surface area contributed by atoms with Crippen molar-refractivity contribution in [2.75, 3.05) is 37.7 Å². The van der Waals surface area contributed by atoms with Gasteiger partial charge in [-0.15, -0.1) is 0 Å². The molecule has 0 saturated carbocycles. The molecule has 46 heavy (non-hydrogen) atoms. The van der Waals surface area contributed by atoms with Crippen LogP contribution in [0.4, 0.5) is 14.6 Å². The van der Waals surface area contributed by atoms with Crippen molar-refractivity contribution in [3.8, 4) is 23.0 Å². The minimum atomic E-state index is -0.896. The van der Waals surface area contributed by atoms with E-state index < -0.39 is 17.5 Å². The van der Waals surface area contributed by atoms with Crippen LogP contribution in [0.1, 0.15) is 62.2 Å². The van der Waals surface area contributed by atoms with Gasteiger partial charge in [0.1, 0.15) is 35.6 Å². The largest absolute Gasteiger partial charge is 0.508 e. The highest BCUT2D eigenvalue weighted by atomic mass is 35.5. The maximum absolute atomic E-state index is 16.8. The molecule has 8 heterocycles. The van der Waals surface area contributed by atoms with Crippen LogP contribution in [0.3, 0.4) is 0 Å². The molecule has 0 radical (unpaired) electrons. The van der Waals surface area contributed by atoms with Gasteiger partial charge in [-0.1, -0.05) is 16.8 Å². The van der Waals surface area contributed by atoms with Gasteiger partial charge < -0.3 is 19.3 Å². The number of aromatic hydroxyl groups is 1. The summed E-state index contributed by atoms with van der Waals surface area (Å²) >= 11 is 6.64. The number of phenolic OH excluding ortho intramolecular Hbond substituents is 1. The van der Waals surface area contributed by atoms with Crippen LogP contribution in [0, 0.1) is 11.7 Å². The summed E-state index contributed by atoms with van der Waals surface area (Å²) in [6, 6.07) is 3.01. The van der Waals surface area contributed by atoms with Crippen LogP contribution in [-0.4, -0.2) is 79.6 Å². The Morgan fingerprint density at radius 2 is 1.98 bits per heavy atom. The molecule has 9 rings (SSSR count). The van der Waals surface area contributed by atoms with Gasteiger partial charge in [0.15, 0.2) is 11.6 Å². The molecule has 8 bridgehead atoms. The molecule has 5 aliphatic rings. The van der Waals surface area contributed by atoms with Crippen molar-refractivity contribution in [3.63, 3.8) is 0 Å². The summed E-state index contributed by atoms with van der Waals surface area (Å²) in [6.45, 7) is 2.85. The molecular weight excluding hydrogens is 616 g/mol. The van der Waals surface area contributed by atoms with E-state index in [1.54, 1.807) is 6.20 Å². The fraction of sp³-hybridized carbons (Fsp3) is 0.545. The van der Waals surface area contributed by atoms with E-state index in [0.717, 1.165) is 51.6 Å². The Kier molecular flexibility index (Phi) is 7.67. The first-order chi connectivity index (χ1) is 22.3. The van der Waals surface area contributed by atoms with Crippen molar-refractivity contribution in [2.24, 2.45) is 5.92 Å². The molecule has 13 heteroatoms. The maximum atomic E-state index is 16.8. The molecule has 3 saturated heterocycles. The highest BCUT2D eigenvalue weighted by molar-refractivity contribution is 6.32. The fourth-order valence-electron chi connectivity index (χ4n) is 7.99. The van der Waals surface area contributed by atoms with E-state index >= 15 is 4.39 Å². The number of hydrogen-bond acceptors (Lipinski definition) is 10. The third-order valence-electron chi connectivity index (χ3n) is 10.2. The molecule has 5 aliphatic heterocycles. The van der Waals surface area contributed by atoms with E-state index in [9.17, 15) is 9.50 Å². The van der Waals surface area contributed by atoms with E-state index in [-0.39, 0.29) is 35.5 Å². The summed E-state index contributed by atoms with van der Waals surface area (Å²) in [5.74, 6) is 1.35. The fourth-order valence-corrected chi connectivity index (χ4v) is 8.29. The maximum Gasteiger partial charge on any atom is 0.319 e. The number of aryl methyl sites for hydroxylation is 1. The number of anilines is 1. The Morgan fingerprint density at radius 3 is 2.89 bits per heavy atom. The zero-order valence-electron chi connectivity index (χ0n) is 25.5. The van der Waals surface area contributed by atoms with Crippen LogP contribution < -0.4 is 9.64 Å². The molecule has 1 N–H and O–H groups in total. The van der Waals surface area contributed by atoms with Gasteiger partial charge in [-0.3, -0.25) is 9.88 Å². The molecular formula is C33H36ClF2N7O3. The van der Waals surface area contributed by atoms with E-state index in [1.165, 1.54) is 12.1 Å². The number of ether oxygens (including phenoxy) is 1.